The minimum Gasteiger partial charge on any atom is -0.301 e. The number of carbonyl (C=O) groups excluding carboxylic acids is 1. The van der Waals surface area contributed by atoms with Gasteiger partial charge in [0.05, 0.1) is 17.3 Å². The molecule has 6 heteroatoms. The van der Waals surface area contributed by atoms with Crippen molar-refractivity contribution in [1.29, 1.82) is 0 Å². The number of thiazole rings is 1. The lowest BCUT2D eigenvalue weighted by molar-refractivity contribution is -0.113. The van der Waals surface area contributed by atoms with Crippen LogP contribution in [0.1, 0.15) is 5.69 Å². The van der Waals surface area contributed by atoms with Crippen LogP contribution in [-0.2, 0) is 10.7 Å². The zero-order valence-corrected chi connectivity index (χ0v) is 9.43. The number of carbonyl (C=O) groups is 1. The highest BCUT2D eigenvalue weighted by molar-refractivity contribution is 7.99. The van der Waals surface area contributed by atoms with E-state index in [-0.39, 0.29) is 5.91 Å². The zero-order valence-electron chi connectivity index (χ0n) is 7.04. The first kappa shape index (κ1) is 10.8. The third-order valence-corrected chi connectivity index (χ3v) is 2.84. The Labute approximate surface area is 89.9 Å². The van der Waals surface area contributed by atoms with Crippen LogP contribution in [0.25, 0.3) is 0 Å². The first-order valence-electron chi connectivity index (χ1n) is 3.55. The van der Waals surface area contributed by atoms with Gasteiger partial charge in [-0.3, -0.25) is 4.79 Å². The van der Waals surface area contributed by atoms with E-state index in [1.807, 2.05) is 11.6 Å². The minimum absolute atomic E-state index is 0.0250. The summed E-state index contributed by atoms with van der Waals surface area (Å²) in [7, 11) is 0. The van der Waals surface area contributed by atoms with Crippen molar-refractivity contribution >= 4 is 45.7 Å². The molecule has 0 radical (unpaired) electrons. The number of hydrogen-bond donors (Lipinski definition) is 1. The Kier molecular flexibility index (Phi) is 4.55. The Hall–Kier alpha value is -0.260. The fourth-order valence-corrected chi connectivity index (χ4v) is 2.00. The first-order chi connectivity index (χ1) is 6.26. The van der Waals surface area contributed by atoms with Crippen LogP contribution in [0.15, 0.2) is 5.38 Å². The number of hydrogen-bond acceptors (Lipinski definition) is 4. The molecule has 1 amide bonds. The quantitative estimate of drug-likeness (QED) is 0.815. The zero-order chi connectivity index (χ0) is 9.68. The van der Waals surface area contributed by atoms with E-state index in [1.54, 1.807) is 0 Å². The molecule has 1 aromatic rings. The molecule has 1 rings (SSSR count). The Bertz CT molecular complexity index is 290. The van der Waals surface area contributed by atoms with Gasteiger partial charge in [-0.1, -0.05) is 0 Å². The van der Waals surface area contributed by atoms with Crippen LogP contribution in [0.3, 0.4) is 0 Å². The predicted molar refractivity (Wildman–Crippen MR) is 58.7 cm³/mol. The first-order valence-corrected chi connectivity index (χ1v) is 6.36. The maximum absolute atomic E-state index is 11.1. The molecular weight excluding hydrogens is 228 g/mol. The van der Waals surface area contributed by atoms with E-state index >= 15 is 0 Å². The van der Waals surface area contributed by atoms with Crippen molar-refractivity contribution in [2.75, 3.05) is 17.3 Å². The normalized spacial score (nSPS) is 10.0. The molecule has 0 bridgehead atoms. The molecule has 0 spiro atoms. The molecule has 13 heavy (non-hydrogen) atoms. The smallest absolute Gasteiger partial charge is 0.236 e. The van der Waals surface area contributed by atoms with Crippen LogP contribution in [0.5, 0.6) is 0 Å². The summed E-state index contributed by atoms with van der Waals surface area (Å²) >= 11 is 8.44. The van der Waals surface area contributed by atoms with Gasteiger partial charge in [0.25, 0.3) is 0 Å². The van der Waals surface area contributed by atoms with Crippen molar-refractivity contribution in [3.63, 3.8) is 0 Å². The Morgan fingerprint density at radius 2 is 2.62 bits per heavy atom. The molecule has 0 saturated heterocycles. The van der Waals surface area contributed by atoms with Gasteiger partial charge in [-0.25, -0.2) is 4.98 Å². The summed E-state index contributed by atoms with van der Waals surface area (Å²) in [5.41, 5.74) is 0.797. The standard InChI is InChI=1S/C7H9ClN2OS2/c1-12-4-6(11)10-7-9-5(2-8)3-13-7/h3H,2,4H2,1H3,(H,9,10,11). The molecule has 0 atom stereocenters. The largest absolute Gasteiger partial charge is 0.301 e. The number of halogens is 1. The van der Waals surface area contributed by atoms with Crippen molar-refractivity contribution in [3.05, 3.63) is 11.1 Å². The number of nitrogens with one attached hydrogen (secondary N) is 1. The summed E-state index contributed by atoms with van der Waals surface area (Å²) < 4.78 is 0. The molecule has 0 aliphatic rings. The summed E-state index contributed by atoms with van der Waals surface area (Å²) in [5.74, 6) is 0.813. The van der Waals surface area contributed by atoms with Crippen molar-refractivity contribution < 1.29 is 4.79 Å². The summed E-state index contributed by atoms with van der Waals surface area (Å²) in [6.45, 7) is 0. The second-order valence-corrected chi connectivity index (χ2v) is 4.25. The lowest BCUT2D eigenvalue weighted by Gasteiger charge is -1.97. The van der Waals surface area contributed by atoms with Gasteiger partial charge in [0.2, 0.25) is 5.91 Å². The highest BCUT2D eigenvalue weighted by Crippen LogP contribution is 2.16. The van der Waals surface area contributed by atoms with E-state index in [9.17, 15) is 4.79 Å². The van der Waals surface area contributed by atoms with Gasteiger partial charge < -0.3 is 5.32 Å². The van der Waals surface area contributed by atoms with Crippen molar-refractivity contribution in [2.45, 2.75) is 5.88 Å². The van der Waals surface area contributed by atoms with Crippen molar-refractivity contribution in [2.24, 2.45) is 0 Å². The van der Waals surface area contributed by atoms with E-state index in [0.29, 0.717) is 16.8 Å². The highest BCUT2D eigenvalue weighted by atomic mass is 35.5. The summed E-state index contributed by atoms with van der Waals surface area (Å²) in [4.78, 5) is 15.2. The topological polar surface area (TPSA) is 42.0 Å². The molecule has 0 saturated carbocycles. The molecule has 0 aliphatic carbocycles. The van der Waals surface area contributed by atoms with Gasteiger partial charge in [-0.2, -0.15) is 11.8 Å². The van der Waals surface area contributed by atoms with Gasteiger partial charge in [0.15, 0.2) is 5.13 Å². The number of rotatable bonds is 4. The lowest BCUT2D eigenvalue weighted by atomic mass is 10.6. The SMILES string of the molecule is CSCC(=O)Nc1nc(CCl)cs1. The second kappa shape index (κ2) is 5.47. The fraction of sp³-hybridized carbons (Fsp3) is 0.429. The highest BCUT2D eigenvalue weighted by Gasteiger charge is 2.04. The molecule has 1 N–H and O–H groups in total. The average Bonchev–Trinajstić information content (AvgIpc) is 2.52. The number of thioether (sulfide) groups is 1. The molecule has 1 heterocycles. The number of nitrogens with zero attached hydrogens (tertiary/aromatic N) is 1. The van der Waals surface area contributed by atoms with Crippen LogP contribution < -0.4 is 5.32 Å². The van der Waals surface area contributed by atoms with Gasteiger partial charge in [-0.05, 0) is 6.26 Å². The molecule has 0 aromatic carbocycles. The summed E-state index contributed by atoms with van der Waals surface area (Å²) in [6.07, 6.45) is 1.88. The lowest BCUT2D eigenvalue weighted by Crippen LogP contribution is -2.13. The molecule has 1 aromatic heterocycles. The van der Waals surface area contributed by atoms with Crippen LogP contribution in [0, 0.1) is 0 Å². The molecule has 72 valence electrons. The van der Waals surface area contributed by atoms with Crippen molar-refractivity contribution in [3.8, 4) is 0 Å². The van der Waals surface area contributed by atoms with Crippen LogP contribution in [-0.4, -0.2) is 22.9 Å². The Morgan fingerprint density at radius 3 is 3.15 bits per heavy atom. The number of aromatic nitrogens is 1. The molecule has 0 fully saturated rings. The van der Waals surface area contributed by atoms with E-state index in [4.69, 9.17) is 11.6 Å². The van der Waals surface area contributed by atoms with E-state index in [2.05, 4.69) is 10.3 Å². The minimum atomic E-state index is -0.0250. The molecule has 3 nitrogen and oxygen atoms in total. The van der Waals surface area contributed by atoms with Gasteiger partial charge >= 0.3 is 0 Å². The maximum Gasteiger partial charge on any atom is 0.236 e. The van der Waals surface area contributed by atoms with E-state index in [0.717, 1.165) is 5.69 Å². The molecular formula is C7H9ClN2OS2. The summed E-state index contributed by atoms with van der Waals surface area (Å²) in [6, 6.07) is 0. The third kappa shape index (κ3) is 3.54. The monoisotopic (exact) mass is 236 g/mol. The van der Waals surface area contributed by atoms with Crippen LogP contribution >= 0.6 is 34.7 Å². The Balaban J connectivity index is 2.49. The summed E-state index contributed by atoms with van der Waals surface area (Å²) in [5, 5.41) is 5.14. The van der Waals surface area contributed by atoms with E-state index < -0.39 is 0 Å². The molecule has 0 aliphatic heterocycles. The van der Waals surface area contributed by atoms with Crippen LogP contribution in [0.4, 0.5) is 5.13 Å². The Morgan fingerprint density at radius 1 is 1.85 bits per heavy atom. The van der Waals surface area contributed by atoms with Crippen LogP contribution in [0.2, 0.25) is 0 Å². The maximum atomic E-state index is 11.1. The van der Waals surface area contributed by atoms with Gasteiger partial charge in [0, 0.05) is 5.38 Å². The average molecular weight is 237 g/mol. The fourth-order valence-electron chi connectivity index (χ4n) is 0.712. The van der Waals surface area contributed by atoms with Gasteiger partial charge in [0.1, 0.15) is 0 Å². The van der Waals surface area contributed by atoms with Gasteiger partial charge in [-0.15, -0.1) is 22.9 Å². The number of alkyl halides is 1. The second-order valence-electron chi connectivity index (χ2n) is 2.26. The third-order valence-electron chi connectivity index (χ3n) is 1.21. The number of anilines is 1. The predicted octanol–water partition coefficient (Wildman–Crippen LogP) is 2.18. The number of amides is 1. The molecule has 0 unspecified atom stereocenters. The van der Waals surface area contributed by atoms with Crippen molar-refractivity contribution in [1.82, 2.24) is 4.98 Å². The van der Waals surface area contributed by atoms with E-state index in [1.165, 1.54) is 23.1 Å².